The molecule has 0 amide bonds. The fraction of sp³-hybridized carbons (Fsp3) is 0.267. The van der Waals surface area contributed by atoms with Crippen molar-refractivity contribution in [3.05, 3.63) is 41.7 Å². The Bertz CT molecular complexity index is 621. The van der Waals surface area contributed by atoms with E-state index in [4.69, 9.17) is 9.15 Å². The number of rotatable bonds is 4. The summed E-state index contributed by atoms with van der Waals surface area (Å²) in [5.41, 5.74) is 0.231. The summed E-state index contributed by atoms with van der Waals surface area (Å²) in [5, 5.41) is 0. The van der Waals surface area contributed by atoms with Crippen LogP contribution in [0.15, 0.2) is 28.7 Å². The molecule has 0 aliphatic heterocycles. The minimum Gasteiger partial charge on any atom is -0.484 e. The zero-order valence-electron chi connectivity index (χ0n) is 10.6. The van der Waals surface area contributed by atoms with Crippen molar-refractivity contribution in [2.24, 2.45) is 0 Å². The number of ether oxygens (including phenoxy) is 1. The number of hydrogen-bond donors (Lipinski definition) is 0. The van der Waals surface area contributed by atoms with Gasteiger partial charge in [0.15, 0.2) is 29.4 Å². The molecule has 0 spiro atoms. The van der Waals surface area contributed by atoms with E-state index in [0.29, 0.717) is 6.29 Å². The van der Waals surface area contributed by atoms with Gasteiger partial charge in [-0.15, -0.1) is 0 Å². The molecule has 20 heavy (non-hydrogen) atoms. The Balaban J connectivity index is 1.91. The van der Waals surface area contributed by atoms with E-state index in [9.17, 15) is 13.6 Å². The smallest absolute Gasteiger partial charge is 0.191 e. The first-order valence-corrected chi connectivity index (χ1v) is 6.38. The molecule has 0 unspecified atom stereocenters. The lowest BCUT2D eigenvalue weighted by atomic mass is 9.96. The van der Waals surface area contributed by atoms with Crippen LogP contribution in [0.1, 0.15) is 29.8 Å². The van der Waals surface area contributed by atoms with E-state index in [1.54, 1.807) is 0 Å². The van der Waals surface area contributed by atoms with Gasteiger partial charge in [-0.05, 0) is 43.5 Å². The maximum absolute atomic E-state index is 13.9. The highest BCUT2D eigenvalue weighted by Gasteiger charge is 2.23. The molecule has 0 atom stereocenters. The van der Waals surface area contributed by atoms with Gasteiger partial charge < -0.3 is 9.15 Å². The molecule has 1 aliphatic carbocycles. The zero-order chi connectivity index (χ0) is 14.1. The molecule has 1 heterocycles. The van der Waals surface area contributed by atoms with Crippen molar-refractivity contribution in [3.63, 3.8) is 0 Å². The number of furan rings is 1. The normalized spacial score (nSPS) is 14.9. The van der Waals surface area contributed by atoms with Crippen molar-refractivity contribution in [1.82, 2.24) is 0 Å². The summed E-state index contributed by atoms with van der Waals surface area (Å²) < 4.78 is 38.3. The average Bonchev–Trinajstić information content (AvgIpc) is 2.84. The lowest BCUT2D eigenvalue weighted by Crippen LogP contribution is -2.25. The fourth-order valence-electron chi connectivity index (χ4n) is 2.04. The SMILES string of the molecule is O=Cc1ccc(-c2cc(F)c(OC3CCC3)c(F)c2)o1. The Morgan fingerprint density at radius 2 is 1.90 bits per heavy atom. The summed E-state index contributed by atoms with van der Waals surface area (Å²) in [6.45, 7) is 0. The van der Waals surface area contributed by atoms with Crippen molar-refractivity contribution < 1.29 is 22.7 Å². The van der Waals surface area contributed by atoms with Crippen molar-refractivity contribution >= 4 is 6.29 Å². The van der Waals surface area contributed by atoms with Gasteiger partial charge in [0, 0.05) is 5.56 Å². The largest absolute Gasteiger partial charge is 0.484 e. The van der Waals surface area contributed by atoms with Crippen molar-refractivity contribution in [3.8, 4) is 17.1 Å². The fourth-order valence-corrected chi connectivity index (χ4v) is 2.04. The molecule has 104 valence electrons. The van der Waals surface area contributed by atoms with Crippen LogP contribution in [0.2, 0.25) is 0 Å². The van der Waals surface area contributed by atoms with Crippen LogP contribution in [0.5, 0.6) is 5.75 Å². The second-order valence-corrected chi connectivity index (χ2v) is 4.76. The summed E-state index contributed by atoms with van der Waals surface area (Å²) in [4.78, 5) is 10.5. The number of carbonyl (C=O) groups is 1. The van der Waals surface area contributed by atoms with Crippen LogP contribution in [0.4, 0.5) is 8.78 Å². The molecule has 1 aliphatic rings. The minimum atomic E-state index is -0.768. The molecule has 2 aromatic rings. The third kappa shape index (κ3) is 2.31. The Kier molecular flexibility index (Phi) is 3.26. The molecule has 3 nitrogen and oxygen atoms in total. The minimum absolute atomic E-state index is 0.102. The Hall–Kier alpha value is -2.17. The third-order valence-corrected chi connectivity index (χ3v) is 3.36. The summed E-state index contributed by atoms with van der Waals surface area (Å²) in [6.07, 6.45) is 3.09. The molecule has 1 aromatic carbocycles. The highest BCUT2D eigenvalue weighted by Crippen LogP contribution is 2.33. The molecule has 0 radical (unpaired) electrons. The Morgan fingerprint density at radius 3 is 2.40 bits per heavy atom. The number of aldehydes is 1. The topological polar surface area (TPSA) is 39.4 Å². The van der Waals surface area contributed by atoms with Gasteiger partial charge in [0.1, 0.15) is 5.76 Å². The van der Waals surface area contributed by atoms with Gasteiger partial charge in [0.05, 0.1) is 6.10 Å². The monoisotopic (exact) mass is 278 g/mol. The molecular formula is C15H12F2O3. The third-order valence-electron chi connectivity index (χ3n) is 3.36. The molecule has 1 fully saturated rings. The van der Waals surface area contributed by atoms with E-state index < -0.39 is 11.6 Å². The Morgan fingerprint density at radius 1 is 1.20 bits per heavy atom. The zero-order valence-corrected chi connectivity index (χ0v) is 10.6. The van der Waals surface area contributed by atoms with Gasteiger partial charge in [-0.2, -0.15) is 0 Å². The Labute approximate surface area is 114 Å². The summed E-state index contributed by atoms with van der Waals surface area (Å²) in [7, 11) is 0. The van der Waals surface area contributed by atoms with Gasteiger partial charge in [0.25, 0.3) is 0 Å². The number of halogens is 2. The van der Waals surface area contributed by atoms with Gasteiger partial charge in [-0.25, -0.2) is 8.78 Å². The predicted octanol–water partition coefficient (Wildman–Crippen LogP) is 3.97. The van der Waals surface area contributed by atoms with Gasteiger partial charge in [-0.1, -0.05) is 0 Å². The lowest BCUT2D eigenvalue weighted by molar-refractivity contribution is 0.109. The maximum atomic E-state index is 13.9. The summed E-state index contributed by atoms with van der Waals surface area (Å²) in [6, 6.07) is 5.22. The van der Waals surface area contributed by atoms with Crippen LogP contribution >= 0.6 is 0 Å². The van der Waals surface area contributed by atoms with Crippen molar-refractivity contribution in [2.45, 2.75) is 25.4 Å². The first-order valence-electron chi connectivity index (χ1n) is 6.38. The predicted molar refractivity (Wildman–Crippen MR) is 67.7 cm³/mol. The van der Waals surface area contributed by atoms with Crippen LogP contribution in [0.25, 0.3) is 11.3 Å². The first kappa shape index (κ1) is 12.8. The van der Waals surface area contributed by atoms with Crippen LogP contribution in [0, 0.1) is 11.6 Å². The summed E-state index contributed by atoms with van der Waals surface area (Å²) >= 11 is 0. The molecular weight excluding hydrogens is 266 g/mol. The van der Waals surface area contributed by atoms with Crippen LogP contribution in [-0.4, -0.2) is 12.4 Å². The van der Waals surface area contributed by atoms with Crippen LogP contribution < -0.4 is 4.74 Å². The van der Waals surface area contributed by atoms with Crippen molar-refractivity contribution in [1.29, 1.82) is 0 Å². The standard InChI is InChI=1S/C15H12F2O3/c16-12-6-9(14-5-4-11(8-18)19-14)7-13(17)15(12)20-10-2-1-3-10/h4-8,10H,1-3H2. The van der Waals surface area contributed by atoms with E-state index in [1.807, 2.05) is 0 Å². The second kappa shape index (κ2) is 5.07. The first-order chi connectivity index (χ1) is 9.67. The van der Waals surface area contributed by atoms with Gasteiger partial charge in [-0.3, -0.25) is 4.79 Å². The highest BCUT2D eigenvalue weighted by molar-refractivity contribution is 5.72. The van der Waals surface area contributed by atoms with E-state index in [2.05, 4.69) is 0 Å². The number of benzene rings is 1. The lowest BCUT2D eigenvalue weighted by Gasteiger charge is -2.26. The van der Waals surface area contributed by atoms with E-state index in [0.717, 1.165) is 31.4 Å². The summed E-state index contributed by atoms with van der Waals surface area (Å²) in [5.74, 6) is -1.54. The van der Waals surface area contributed by atoms with E-state index in [-0.39, 0.29) is 28.9 Å². The maximum Gasteiger partial charge on any atom is 0.191 e. The molecule has 1 saturated carbocycles. The molecule has 1 aromatic heterocycles. The van der Waals surface area contributed by atoms with Crippen LogP contribution in [-0.2, 0) is 0 Å². The average molecular weight is 278 g/mol. The van der Waals surface area contributed by atoms with Gasteiger partial charge >= 0.3 is 0 Å². The molecule has 0 bridgehead atoms. The second-order valence-electron chi connectivity index (χ2n) is 4.76. The molecule has 0 N–H and O–H groups in total. The van der Waals surface area contributed by atoms with Gasteiger partial charge in [0.2, 0.25) is 0 Å². The molecule has 0 saturated heterocycles. The number of hydrogen-bond acceptors (Lipinski definition) is 3. The quantitative estimate of drug-likeness (QED) is 0.794. The molecule has 5 heteroatoms. The highest BCUT2D eigenvalue weighted by atomic mass is 19.1. The number of carbonyl (C=O) groups excluding carboxylic acids is 1. The van der Waals surface area contributed by atoms with Crippen LogP contribution in [0.3, 0.4) is 0 Å². The van der Waals surface area contributed by atoms with E-state index in [1.165, 1.54) is 12.1 Å². The van der Waals surface area contributed by atoms with E-state index >= 15 is 0 Å². The van der Waals surface area contributed by atoms with Crippen molar-refractivity contribution in [2.75, 3.05) is 0 Å². The molecule has 3 rings (SSSR count).